The van der Waals surface area contributed by atoms with Crippen molar-refractivity contribution in [3.05, 3.63) is 162 Å². The van der Waals surface area contributed by atoms with Gasteiger partial charge in [-0.3, -0.25) is 0 Å². The van der Waals surface area contributed by atoms with Gasteiger partial charge in [-0.25, -0.2) is 4.79 Å². The predicted octanol–water partition coefficient (Wildman–Crippen LogP) is 8.87. The molecule has 0 aliphatic carbocycles. The van der Waals surface area contributed by atoms with E-state index in [9.17, 15) is 9.90 Å². The molecule has 51 heavy (non-hydrogen) atoms. The molecule has 2 amide bonds. The second-order valence-corrected chi connectivity index (χ2v) is 12.9. The number of para-hydroxylation sites is 1. The third kappa shape index (κ3) is 9.31. The summed E-state index contributed by atoms with van der Waals surface area (Å²) in [6.45, 7) is 7.90. The van der Waals surface area contributed by atoms with Crippen LogP contribution >= 0.6 is 0 Å². The smallest absolute Gasteiger partial charge is 0.319 e. The van der Waals surface area contributed by atoms with E-state index in [0.29, 0.717) is 18.0 Å². The average molecular weight is 684 g/mol. The third-order valence-electron chi connectivity index (χ3n) is 9.10. The van der Waals surface area contributed by atoms with E-state index in [1.807, 2.05) is 103 Å². The summed E-state index contributed by atoms with van der Waals surface area (Å²) in [4.78, 5) is 15.0. The number of carbonyl (C=O) groups excluding carboxylic acids is 1. The molecule has 0 unspecified atom stereocenters. The maximum atomic E-state index is 12.8. The van der Waals surface area contributed by atoms with Gasteiger partial charge in [0, 0.05) is 36.8 Å². The lowest BCUT2D eigenvalue weighted by atomic mass is 9.90. The first-order valence-corrected chi connectivity index (χ1v) is 17.3. The normalized spacial score (nSPS) is 18.6. The van der Waals surface area contributed by atoms with Crippen LogP contribution in [0, 0.1) is 5.92 Å². The Balaban J connectivity index is 1.11. The molecule has 0 spiro atoms. The molecule has 8 nitrogen and oxygen atoms in total. The van der Waals surface area contributed by atoms with Crippen LogP contribution in [0.4, 0.5) is 10.5 Å². The van der Waals surface area contributed by atoms with Gasteiger partial charge in [-0.2, -0.15) is 0 Å². The minimum Gasteiger partial charge on any atom is -0.457 e. The van der Waals surface area contributed by atoms with E-state index in [2.05, 4.69) is 66.4 Å². The topological polar surface area (TPSA) is 92.3 Å². The molecule has 1 aliphatic rings. The van der Waals surface area contributed by atoms with Crippen molar-refractivity contribution in [1.82, 2.24) is 10.2 Å². The number of benzene rings is 5. The molecule has 1 aliphatic heterocycles. The van der Waals surface area contributed by atoms with Gasteiger partial charge >= 0.3 is 6.03 Å². The molecule has 6 rings (SSSR count). The van der Waals surface area contributed by atoms with Crippen LogP contribution in [0.15, 0.2) is 140 Å². The molecule has 4 atom stereocenters. The van der Waals surface area contributed by atoms with Gasteiger partial charge in [0.05, 0.1) is 18.8 Å². The molecule has 1 saturated heterocycles. The SMILES string of the molecule is C=CCN(C)C[C@@H]1O[C@H](c2ccc(-c3ccccc3CNC(=O)Nc3ccc(Oc4ccccc4)cc3)cc2)O[C@H](c2ccc(CO)cc2)[C@@H]1C. The molecular formula is C43H45N3O5. The summed E-state index contributed by atoms with van der Waals surface area (Å²) < 4.78 is 19.1. The molecule has 0 saturated carbocycles. The van der Waals surface area contributed by atoms with Crippen molar-refractivity contribution in [2.75, 3.05) is 25.5 Å². The monoisotopic (exact) mass is 683 g/mol. The van der Waals surface area contributed by atoms with Crippen molar-refractivity contribution in [1.29, 1.82) is 0 Å². The Morgan fingerprint density at radius 3 is 2.22 bits per heavy atom. The van der Waals surface area contributed by atoms with E-state index in [4.69, 9.17) is 14.2 Å². The van der Waals surface area contributed by atoms with Crippen LogP contribution in [0.5, 0.6) is 11.5 Å². The van der Waals surface area contributed by atoms with Crippen LogP contribution in [0.25, 0.3) is 11.1 Å². The molecule has 1 heterocycles. The quantitative estimate of drug-likeness (QED) is 0.107. The van der Waals surface area contributed by atoms with E-state index in [0.717, 1.165) is 52.2 Å². The number of nitrogens with one attached hydrogen (secondary N) is 2. The summed E-state index contributed by atoms with van der Waals surface area (Å²) in [5.74, 6) is 1.53. The molecule has 0 aromatic heterocycles. The zero-order valence-corrected chi connectivity index (χ0v) is 29.1. The maximum Gasteiger partial charge on any atom is 0.319 e. The number of urea groups is 1. The number of carbonyl (C=O) groups is 1. The fourth-order valence-corrected chi connectivity index (χ4v) is 6.29. The highest BCUT2D eigenvalue weighted by atomic mass is 16.7. The van der Waals surface area contributed by atoms with Gasteiger partial charge in [-0.1, -0.05) is 104 Å². The van der Waals surface area contributed by atoms with Gasteiger partial charge in [-0.05, 0) is 71.3 Å². The molecule has 8 heteroatoms. The van der Waals surface area contributed by atoms with Crippen LogP contribution in [0.1, 0.15) is 41.6 Å². The predicted molar refractivity (Wildman–Crippen MR) is 201 cm³/mol. The summed E-state index contributed by atoms with van der Waals surface area (Å²) in [5, 5.41) is 15.4. The molecule has 262 valence electrons. The Morgan fingerprint density at radius 1 is 0.843 bits per heavy atom. The Hall–Kier alpha value is -5.25. The largest absolute Gasteiger partial charge is 0.457 e. The zero-order valence-electron chi connectivity index (χ0n) is 29.1. The Labute approximate surface area is 300 Å². The first-order valence-electron chi connectivity index (χ1n) is 17.3. The van der Waals surface area contributed by atoms with Crippen LogP contribution in [0.3, 0.4) is 0 Å². The fourth-order valence-electron chi connectivity index (χ4n) is 6.29. The second kappa shape index (κ2) is 17.1. The standard InChI is InChI=1S/C43H45N3O5/c1-4-26-46(3)28-40-30(2)41(33-16-14-31(29-47)15-17-33)51-42(50-40)34-20-18-32(19-21-34)39-13-9-8-10-35(39)27-44-43(48)45-36-22-24-38(25-23-36)49-37-11-6-5-7-12-37/h4-25,30,40-42,47H,1,26-29H2,2-3H3,(H2,44,45,48)/t30-,40+,41+,42+/m1/s1. The van der Waals surface area contributed by atoms with Gasteiger partial charge in [0.2, 0.25) is 0 Å². The van der Waals surface area contributed by atoms with Crippen molar-refractivity contribution >= 4 is 11.7 Å². The number of rotatable bonds is 13. The highest BCUT2D eigenvalue weighted by Gasteiger charge is 2.38. The number of ether oxygens (including phenoxy) is 3. The van der Waals surface area contributed by atoms with Crippen molar-refractivity contribution < 1.29 is 24.1 Å². The van der Waals surface area contributed by atoms with Crippen LogP contribution in [-0.4, -0.2) is 42.3 Å². The number of hydrogen-bond acceptors (Lipinski definition) is 6. The Kier molecular flexibility index (Phi) is 11.9. The summed E-state index contributed by atoms with van der Waals surface area (Å²) in [6.07, 6.45) is 1.08. The minimum absolute atomic E-state index is 0.00128. The fraction of sp³-hybridized carbons (Fsp3) is 0.233. The highest BCUT2D eigenvalue weighted by Crippen LogP contribution is 2.42. The molecule has 0 bridgehead atoms. The lowest BCUT2D eigenvalue weighted by Crippen LogP contribution is -2.43. The molecule has 1 fully saturated rings. The van der Waals surface area contributed by atoms with E-state index in [-0.39, 0.29) is 30.8 Å². The summed E-state index contributed by atoms with van der Waals surface area (Å²) in [7, 11) is 2.07. The summed E-state index contributed by atoms with van der Waals surface area (Å²) in [5.41, 5.74) is 6.54. The van der Waals surface area contributed by atoms with Gasteiger partial charge in [0.1, 0.15) is 11.5 Å². The van der Waals surface area contributed by atoms with E-state index >= 15 is 0 Å². The Morgan fingerprint density at radius 2 is 1.51 bits per heavy atom. The molecule has 3 N–H and O–H groups in total. The summed E-state index contributed by atoms with van der Waals surface area (Å²) in [6, 6.07) is 40.8. The second-order valence-electron chi connectivity index (χ2n) is 12.9. The number of aliphatic hydroxyl groups excluding tert-OH is 1. The third-order valence-corrected chi connectivity index (χ3v) is 9.10. The van der Waals surface area contributed by atoms with E-state index in [1.54, 1.807) is 0 Å². The Bertz CT molecular complexity index is 1860. The number of aliphatic hydroxyl groups is 1. The van der Waals surface area contributed by atoms with Crippen LogP contribution in [0.2, 0.25) is 0 Å². The van der Waals surface area contributed by atoms with Crippen molar-refractivity contribution in [2.45, 2.75) is 38.6 Å². The molecular weight excluding hydrogens is 638 g/mol. The van der Waals surface area contributed by atoms with E-state index < -0.39 is 6.29 Å². The number of amides is 2. The number of anilines is 1. The number of hydrogen-bond donors (Lipinski definition) is 3. The average Bonchev–Trinajstić information content (AvgIpc) is 3.16. The molecule has 5 aromatic carbocycles. The van der Waals surface area contributed by atoms with Crippen molar-refractivity contribution in [2.24, 2.45) is 5.92 Å². The molecule has 5 aromatic rings. The summed E-state index contributed by atoms with van der Waals surface area (Å²) >= 11 is 0. The van der Waals surface area contributed by atoms with Crippen LogP contribution in [-0.2, 0) is 22.6 Å². The molecule has 0 radical (unpaired) electrons. The number of likely N-dealkylation sites (N-methyl/N-ethyl adjacent to an activating group) is 1. The highest BCUT2D eigenvalue weighted by molar-refractivity contribution is 5.89. The maximum absolute atomic E-state index is 12.8. The zero-order chi connectivity index (χ0) is 35.6. The van der Waals surface area contributed by atoms with Gasteiger partial charge in [-0.15, -0.1) is 6.58 Å². The first kappa shape index (κ1) is 35.6. The van der Waals surface area contributed by atoms with Gasteiger partial charge < -0.3 is 34.9 Å². The van der Waals surface area contributed by atoms with Gasteiger partial charge in [0.15, 0.2) is 6.29 Å². The van der Waals surface area contributed by atoms with Crippen molar-refractivity contribution in [3.8, 4) is 22.6 Å². The lowest BCUT2D eigenvalue weighted by molar-refractivity contribution is -0.275. The van der Waals surface area contributed by atoms with E-state index in [1.165, 1.54) is 0 Å². The van der Waals surface area contributed by atoms with Crippen LogP contribution < -0.4 is 15.4 Å². The lowest BCUT2D eigenvalue weighted by Gasteiger charge is -2.42. The first-order chi connectivity index (χ1) is 24.9. The van der Waals surface area contributed by atoms with Crippen molar-refractivity contribution in [3.63, 3.8) is 0 Å². The minimum atomic E-state index is -0.556. The van der Waals surface area contributed by atoms with Gasteiger partial charge in [0.25, 0.3) is 0 Å². The number of nitrogens with zero attached hydrogens (tertiary/aromatic N) is 1.